The number of aliphatic hydroxyl groups excluding tert-OH is 1. The van der Waals surface area contributed by atoms with Crippen molar-refractivity contribution in [1.82, 2.24) is 0 Å². The highest BCUT2D eigenvalue weighted by Gasteiger charge is 2.26. The highest BCUT2D eigenvalue weighted by molar-refractivity contribution is 6.33. The molecule has 0 bridgehead atoms. The molecule has 2 atom stereocenters. The van der Waals surface area contributed by atoms with Crippen molar-refractivity contribution in [1.29, 1.82) is 0 Å². The molecule has 0 radical (unpaired) electrons. The van der Waals surface area contributed by atoms with Gasteiger partial charge in [0.05, 0.1) is 6.10 Å². The summed E-state index contributed by atoms with van der Waals surface area (Å²) in [6.07, 6.45) is 8.29. The Bertz CT molecular complexity index is 866. The first-order chi connectivity index (χ1) is 14.5. The van der Waals surface area contributed by atoms with Gasteiger partial charge in [-0.05, 0) is 66.9 Å². The van der Waals surface area contributed by atoms with E-state index in [-0.39, 0.29) is 5.76 Å². The van der Waals surface area contributed by atoms with E-state index in [1.165, 1.54) is 11.6 Å². The van der Waals surface area contributed by atoms with Gasteiger partial charge in [0.1, 0.15) is 5.76 Å². The van der Waals surface area contributed by atoms with Gasteiger partial charge in [-0.1, -0.05) is 62.1 Å². The second-order valence-electron chi connectivity index (χ2n) is 8.15. The normalized spacial score (nSPS) is 17.5. The van der Waals surface area contributed by atoms with E-state index in [1.54, 1.807) is 6.07 Å². The number of unbranched alkanes of at least 4 members (excludes halogenated alkanes) is 2. The van der Waals surface area contributed by atoms with Crippen LogP contribution in [-0.4, -0.2) is 16.2 Å². The van der Waals surface area contributed by atoms with Crippen LogP contribution in [0.2, 0.25) is 0 Å². The Labute approximate surface area is 183 Å². The van der Waals surface area contributed by atoms with Gasteiger partial charge in [-0.3, -0.25) is 0 Å². The first kappa shape index (κ1) is 22.6. The summed E-state index contributed by atoms with van der Waals surface area (Å²) in [5.41, 5.74) is 3.32. The van der Waals surface area contributed by atoms with Crippen molar-refractivity contribution in [2.75, 3.05) is 0 Å². The van der Waals surface area contributed by atoms with Crippen LogP contribution < -0.4 is 0 Å². The van der Waals surface area contributed by atoms with Crippen molar-refractivity contribution < 1.29 is 19.4 Å². The Morgan fingerprint density at radius 3 is 2.60 bits per heavy atom. The summed E-state index contributed by atoms with van der Waals surface area (Å²) in [6.45, 7) is 2.17. The number of hydrogen-bond donors (Lipinski definition) is 2. The minimum atomic E-state index is -1.03. The molecule has 0 saturated heterocycles. The Morgan fingerprint density at radius 2 is 1.93 bits per heavy atom. The number of furan rings is 1. The molecule has 0 fully saturated rings. The van der Waals surface area contributed by atoms with E-state index < -0.39 is 12.1 Å². The van der Waals surface area contributed by atoms with Crippen LogP contribution in [0, 0.1) is 5.92 Å². The fourth-order valence-electron chi connectivity index (χ4n) is 4.27. The summed E-state index contributed by atoms with van der Waals surface area (Å²) in [4.78, 5) is 10.9. The molecule has 1 aromatic carbocycles. The molecular formula is C25H31ClO4. The molecule has 0 amide bonds. The number of halogens is 1. The number of carboxylic acids is 1. The lowest BCUT2D eigenvalue weighted by Crippen LogP contribution is -2.02. The topological polar surface area (TPSA) is 70.7 Å². The monoisotopic (exact) mass is 430 g/mol. The van der Waals surface area contributed by atoms with Crippen LogP contribution in [0.25, 0.3) is 5.57 Å². The first-order valence-electron chi connectivity index (χ1n) is 11.0. The van der Waals surface area contributed by atoms with Crippen LogP contribution >= 0.6 is 11.6 Å². The molecule has 0 aliphatic heterocycles. The average molecular weight is 431 g/mol. The van der Waals surface area contributed by atoms with Crippen LogP contribution in [-0.2, 0) is 6.42 Å². The molecule has 5 heteroatoms. The molecule has 2 N–H and O–H groups in total. The molecule has 1 unspecified atom stereocenters. The summed E-state index contributed by atoms with van der Waals surface area (Å²) in [6, 6.07) is 11.5. The third-order valence-corrected chi connectivity index (χ3v) is 6.34. The first-order valence-corrected chi connectivity index (χ1v) is 11.4. The number of rotatable bonds is 11. The molecule has 1 aliphatic rings. The van der Waals surface area contributed by atoms with E-state index in [1.807, 2.05) is 12.1 Å². The number of allylic oxidation sites excluding steroid dienone is 2. The van der Waals surface area contributed by atoms with Gasteiger partial charge in [0, 0.05) is 11.5 Å². The van der Waals surface area contributed by atoms with Gasteiger partial charge < -0.3 is 14.6 Å². The third kappa shape index (κ3) is 5.77. The maximum Gasteiger partial charge on any atom is 0.371 e. The Kier molecular flexibility index (Phi) is 8.17. The molecule has 30 heavy (non-hydrogen) atoms. The van der Waals surface area contributed by atoms with Crippen molar-refractivity contribution in [2.24, 2.45) is 5.92 Å². The van der Waals surface area contributed by atoms with Crippen LogP contribution in [0.15, 0.2) is 45.8 Å². The summed E-state index contributed by atoms with van der Waals surface area (Å²) in [5.74, 6) is 0.0645. The third-order valence-electron chi connectivity index (χ3n) is 5.95. The largest absolute Gasteiger partial charge is 0.475 e. The fraction of sp³-hybridized carbons (Fsp3) is 0.480. The van der Waals surface area contributed by atoms with Crippen molar-refractivity contribution in [2.45, 2.75) is 70.8 Å². The lowest BCUT2D eigenvalue weighted by Gasteiger charge is -2.17. The quantitative estimate of drug-likeness (QED) is 0.377. The number of carboxylic acid groups (broad SMARTS) is 1. The molecular weight excluding hydrogens is 400 g/mol. The lowest BCUT2D eigenvalue weighted by atomic mass is 9.89. The summed E-state index contributed by atoms with van der Waals surface area (Å²) in [5, 5.41) is 20.3. The van der Waals surface area contributed by atoms with E-state index in [0.29, 0.717) is 11.7 Å². The molecule has 0 saturated carbocycles. The van der Waals surface area contributed by atoms with E-state index in [2.05, 4.69) is 19.1 Å². The zero-order chi connectivity index (χ0) is 21.5. The number of aryl methyl sites for hydroxylation is 1. The predicted octanol–water partition coefficient (Wildman–Crippen LogP) is 6.97. The molecule has 162 valence electrons. The van der Waals surface area contributed by atoms with E-state index in [0.717, 1.165) is 73.9 Å². The maximum atomic E-state index is 10.9. The van der Waals surface area contributed by atoms with Gasteiger partial charge in [0.25, 0.3) is 0 Å². The van der Waals surface area contributed by atoms with E-state index in [9.17, 15) is 9.90 Å². The van der Waals surface area contributed by atoms with Crippen LogP contribution in [0.3, 0.4) is 0 Å². The minimum absolute atomic E-state index is 0.00790. The Balaban J connectivity index is 1.58. The van der Waals surface area contributed by atoms with Gasteiger partial charge in [-0.25, -0.2) is 4.79 Å². The lowest BCUT2D eigenvalue weighted by molar-refractivity contribution is 0.0660. The molecule has 4 nitrogen and oxygen atoms in total. The van der Waals surface area contributed by atoms with Crippen molar-refractivity contribution in [3.8, 4) is 0 Å². The number of aliphatic hydroxyl groups is 1. The number of hydrogen-bond acceptors (Lipinski definition) is 3. The molecule has 3 rings (SSSR count). The van der Waals surface area contributed by atoms with Crippen molar-refractivity contribution in [3.05, 3.63) is 64.1 Å². The fourth-order valence-corrected chi connectivity index (χ4v) is 4.64. The highest BCUT2D eigenvalue weighted by Crippen LogP contribution is 2.43. The van der Waals surface area contributed by atoms with Crippen molar-refractivity contribution >= 4 is 23.1 Å². The molecule has 0 spiro atoms. The van der Waals surface area contributed by atoms with Crippen molar-refractivity contribution in [3.63, 3.8) is 0 Å². The minimum Gasteiger partial charge on any atom is -0.475 e. The SMILES string of the molecule is CCCCCC(O)c1ccc(C2=C(Cl)CC[C@@H]2CCCc2ccc(C(=O)O)o2)cc1. The zero-order valence-electron chi connectivity index (χ0n) is 17.6. The van der Waals surface area contributed by atoms with E-state index >= 15 is 0 Å². The summed E-state index contributed by atoms with van der Waals surface area (Å²) < 4.78 is 5.35. The predicted molar refractivity (Wildman–Crippen MR) is 120 cm³/mol. The number of carbonyl (C=O) groups is 1. The number of benzene rings is 1. The summed E-state index contributed by atoms with van der Waals surface area (Å²) >= 11 is 6.57. The van der Waals surface area contributed by atoms with Crippen LogP contribution in [0.4, 0.5) is 0 Å². The maximum absolute atomic E-state index is 10.9. The summed E-state index contributed by atoms with van der Waals surface area (Å²) in [7, 11) is 0. The number of aromatic carboxylic acids is 1. The highest BCUT2D eigenvalue weighted by atomic mass is 35.5. The molecule has 1 aromatic heterocycles. The van der Waals surface area contributed by atoms with Crippen LogP contribution in [0.1, 0.15) is 91.8 Å². The van der Waals surface area contributed by atoms with Gasteiger partial charge in [0.15, 0.2) is 0 Å². The molecule has 1 heterocycles. The second kappa shape index (κ2) is 10.8. The van der Waals surface area contributed by atoms with E-state index in [4.69, 9.17) is 21.1 Å². The Morgan fingerprint density at radius 1 is 1.17 bits per heavy atom. The average Bonchev–Trinajstić information content (AvgIpc) is 3.35. The van der Waals surface area contributed by atoms with Gasteiger partial charge in [0.2, 0.25) is 5.76 Å². The molecule has 2 aromatic rings. The Hall–Kier alpha value is -2.04. The molecule has 1 aliphatic carbocycles. The smallest absolute Gasteiger partial charge is 0.371 e. The second-order valence-corrected chi connectivity index (χ2v) is 8.61. The van der Waals surface area contributed by atoms with Gasteiger partial charge >= 0.3 is 5.97 Å². The zero-order valence-corrected chi connectivity index (χ0v) is 18.3. The van der Waals surface area contributed by atoms with Gasteiger partial charge in [-0.2, -0.15) is 0 Å². The van der Waals surface area contributed by atoms with Crippen LogP contribution in [0.5, 0.6) is 0 Å². The standard InChI is InChI=1S/C25H31ClO4/c1-2-3-4-8-22(27)17-9-11-19(12-10-17)24-18(13-15-21(24)26)6-5-7-20-14-16-23(30-20)25(28)29/h9-12,14,16,18,22,27H,2-8,13,15H2,1H3,(H,28,29)/t18-,22?/m0/s1. The van der Waals surface area contributed by atoms with Gasteiger partial charge in [-0.15, -0.1) is 0 Å².